The minimum atomic E-state index is 0.169. The summed E-state index contributed by atoms with van der Waals surface area (Å²) in [6, 6.07) is 15.0. The molecule has 102 valence electrons. The van der Waals surface area contributed by atoms with Gasteiger partial charge in [-0.2, -0.15) is 0 Å². The SMILES string of the molecule is CC(C)(C)C(NCc1ccc(Cl)s1)c1ccccc1. The van der Waals surface area contributed by atoms with Gasteiger partial charge in [0.15, 0.2) is 0 Å². The summed E-state index contributed by atoms with van der Waals surface area (Å²) < 4.78 is 0.851. The van der Waals surface area contributed by atoms with Crippen LogP contribution in [0.4, 0.5) is 0 Å². The van der Waals surface area contributed by atoms with Crippen LogP contribution in [0.2, 0.25) is 4.34 Å². The predicted molar refractivity (Wildman–Crippen MR) is 84.8 cm³/mol. The highest BCUT2D eigenvalue weighted by molar-refractivity contribution is 7.16. The minimum absolute atomic E-state index is 0.169. The Hall–Kier alpha value is -0.830. The smallest absolute Gasteiger partial charge is 0.0931 e. The van der Waals surface area contributed by atoms with Crippen LogP contribution in [-0.2, 0) is 6.54 Å². The van der Waals surface area contributed by atoms with E-state index in [9.17, 15) is 0 Å². The number of hydrogen-bond acceptors (Lipinski definition) is 2. The Kier molecular flexibility index (Phi) is 4.67. The zero-order chi connectivity index (χ0) is 13.9. The fraction of sp³-hybridized carbons (Fsp3) is 0.375. The second-order valence-corrected chi connectivity index (χ2v) is 7.60. The molecule has 0 aliphatic carbocycles. The Bertz CT molecular complexity index is 513. The molecule has 1 aromatic carbocycles. The van der Waals surface area contributed by atoms with Gasteiger partial charge in [-0.3, -0.25) is 0 Å². The zero-order valence-electron chi connectivity index (χ0n) is 11.6. The van der Waals surface area contributed by atoms with Gasteiger partial charge in [0.1, 0.15) is 0 Å². The topological polar surface area (TPSA) is 12.0 Å². The summed E-state index contributed by atoms with van der Waals surface area (Å²) in [6.45, 7) is 7.64. The maximum Gasteiger partial charge on any atom is 0.0931 e. The molecule has 1 unspecified atom stereocenters. The van der Waals surface area contributed by atoms with Crippen LogP contribution >= 0.6 is 22.9 Å². The lowest BCUT2D eigenvalue weighted by molar-refractivity contribution is 0.271. The second kappa shape index (κ2) is 6.08. The summed E-state index contributed by atoms with van der Waals surface area (Å²) in [5, 5.41) is 3.66. The van der Waals surface area contributed by atoms with Gasteiger partial charge in [0.25, 0.3) is 0 Å². The molecule has 0 aliphatic heterocycles. The number of thiophene rings is 1. The Balaban J connectivity index is 2.11. The maximum atomic E-state index is 5.97. The fourth-order valence-electron chi connectivity index (χ4n) is 2.22. The number of hydrogen-bond donors (Lipinski definition) is 1. The number of halogens is 1. The molecule has 0 spiro atoms. The van der Waals surface area contributed by atoms with Crippen molar-refractivity contribution in [2.24, 2.45) is 5.41 Å². The second-order valence-electron chi connectivity index (χ2n) is 5.80. The van der Waals surface area contributed by atoms with E-state index in [2.05, 4.69) is 62.5 Å². The van der Waals surface area contributed by atoms with Crippen LogP contribution in [0.5, 0.6) is 0 Å². The molecule has 1 atom stereocenters. The van der Waals surface area contributed by atoms with E-state index in [1.807, 2.05) is 6.07 Å². The largest absolute Gasteiger partial charge is 0.305 e. The van der Waals surface area contributed by atoms with Gasteiger partial charge in [0.2, 0.25) is 0 Å². The van der Waals surface area contributed by atoms with Crippen molar-refractivity contribution in [1.29, 1.82) is 0 Å². The van der Waals surface area contributed by atoms with E-state index < -0.39 is 0 Å². The van der Waals surface area contributed by atoms with Crippen LogP contribution in [-0.4, -0.2) is 0 Å². The van der Waals surface area contributed by atoms with Crippen molar-refractivity contribution in [2.75, 3.05) is 0 Å². The zero-order valence-corrected chi connectivity index (χ0v) is 13.2. The molecule has 0 saturated carbocycles. The minimum Gasteiger partial charge on any atom is -0.305 e. The monoisotopic (exact) mass is 293 g/mol. The van der Waals surface area contributed by atoms with Gasteiger partial charge < -0.3 is 5.32 Å². The lowest BCUT2D eigenvalue weighted by Crippen LogP contribution is -2.31. The first kappa shape index (κ1) is 14.6. The van der Waals surface area contributed by atoms with E-state index in [1.54, 1.807) is 11.3 Å². The summed E-state index contributed by atoms with van der Waals surface area (Å²) in [4.78, 5) is 1.27. The normalized spacial score (nSPS) is 13.5. The Morgan fingerprint density at radius 3 is 2.32 bits per heavy atom. The first-order chi connectivity index (χ1) is 8.97. The average molecular weight is 294 g/mol. The van der Waals surface area contributed by atoms with Crippen molar-refractivity contribution in [3.63, 3.8) is 0 Å². The van der Waals surface area contributed by atoms with Gasteiger partial charge in [-0.05, 0) is 23.1 Å². The molecule has 1 aromatic heterocycles. The third-order valence-corrected chi connectivity index (χ3v) is 4.34. The molecule has 0 aliphatic rings. The fourth-order valence-corrected chi connectivity index (χ4v) is 3.26. The lowest BCUT2D eigenvalue weighted by Gasteiger charge is -2.32. The van der Waals surface area contributed by atoms with Gasteiger partial charge in [-0.25, -0.2) is 0 Å². The van der Waals surface area contributed by atoms with Crippen LogP contribution in [0.1, 0.15) is 37.3 Å². The predicted octanol–water partition coefficient (Wildman–Crippen LogP) is 5.28. The first-order valence-corrected chi connectivity index (χ1v) is 7.69. The summed E-state index contributed by atoms with van der Waals surface area (Å²) in [6.07, 6.45) is 0. The maximum absolute atomic E-state index is 5.97. The highest BCUT2D eigenvalue weighted by atomic mass is 35.5. The molecule has 19 heavy (non-hydrogen) atoms. The summed E-state index contributed by atoms with van der Waals surface area (Å²) in [5.74, 6) is 0. The molecule has 3 heteroatoms. The van der Waals surface area contributed by atoms with Crippen LogP contribution in [0, 0.1) is 5.41 Å². The Labute approximate surface area is 124 Å². The van der Waals surface area contributed by atoms with Gasteiger partial charge in [-0.15, -0.1) is 11.3 Å². The van der Waals surface area contributed by atoms with E-state index in [0.29, 0.717) is 6.04 Å². The molecule has 2 rings (SSSR count). The van der Waals surface area contributed by atoms with Gasteiger partial charge >= 0.3 is 0 Å². The third kappa shape index (κ3) is 4.07. The molecule has 1 heterocycles. The molecular weight excluding hydrogens is 274 g/mol. The Morgan fingerprint density at radius 2 is 1.79 bits per heavy atom. The van der Waals surface area contributed by atoms with Crippen molar-refractivity contribution in [3.05, 3.63) is 57.2 Å². The molecule has 1 nitrogen and oxygen atoms in total. The molecule has 0 fully saturated rings. The van der Waals surface area contributed by atoms with Gasteiger partial charge in [-0.1, -0.05) is 62.7 Å². The molecule has 2 aromatic rings. The van der Waals surface area contributed by atoms with Crippen LogP contribution < -0.4 is 5.32 Å². The van der Waals surface area contributed by atoms with E-state index >= 15 is 0 Å². The van der Waals surface area contributed by atoms with Crippen molar-refractivity contribution in [2.45, 2.75) is 33.4 Å². The van der Waals surface area contributed by atoms with Gasteiger partial charge in [0.05, 0.1) is 4.34 Å². The third-order valence-electron chi connectivity index (χ3n) is 3.11. The highest BCUT2D eigenvalue weighted by Crippen LogP contribution is 2.33. The van der Waals surface area contributed by atoms with Crippen molar-refractivity contribution in [1.82, 2.24) is 5.32 Å². The number of benzene rings is 1. The van der Waals surface area contributed by atoms with Crippen LogP contribution in [0.25, 0.3) is 0 Å². The standard InChI is InChI=1S/C16H20ClNS/c1-16(2,3)15(12-7-5-4-6-8-12)18-11-13-9-10-14(17)19-13/h4-10,15,18H,11H2,1-3H3. The van der Waals surface area contributed by atoms with Crippen molar-refractivity contribution in [3.8, 4) is 0 Å². The number of nitrogens with one attached hydrogen (secondary N) is 1. The van der Waals surface area contributed by atoms with E-state index in [1.165, 1.54) is 10.4 Å². The summed E-state index contributed by atoms with van der Waals surface area (Å²) >= 11 is 7.61. The van der Waals surface area contributed by atoms with E-state index in [4.69, 9.17) is 11.6 Å². The molecule has 1 N–H and O–H groups in total. The van der Waals surface area contributed by atoms with Crippen molar-refractivity contribution < 1.29 is 0 Å². The summed E-state index contributed by atoms with van der Waals surface area (Å²) in [7, 11) is 0. The molecular formula is C16H20ClNS. The summed E-state index contributed by atoms with van der Waals surface area (Å²) in [5.41, 5.74) is 1.50. The first-order valence-electron chi connectivity index (χ1n) is 6.49. The van der Waals surface area contributed by atoms with Gasteiger partial charge in [0, 0.05) is 17.5 Å². The highest BCUT2D eigenvalue weighted by Gasteiger charge is 2.25. The average Bonchev–Trinajstić information content (AvgIpc) is 2.75. The molecule has 0 amide bonds. The van der Waals surface area contributed by atoms with E-state index in [-0.39, 0.29) is 5.41 Å². The Morgan fingerprint density at radius 1 is 1.11 bits per heavy atom. The molecule has 0 radical (unpaired) electrons. The van der Waals surface area contributed by atoms with Crippen LogP contribution in [0.15, 0.2) is 42.5 Å². The quantitative estimate of drug-likeness (QED) is 0.809. The molecule has 0 saturated heterocycles. The van der Waals surface area contributed by atoms with Crippen molar-refractivity contribution >= 4 is 22.9 Å². The number of rotatable bonds is 4. The van der Waals surface area contributed by atoms with Crippen LogP contribution in [0.3, 0.4) is 0 Å². The van der Waals surface area contributed by atoms with E-state index in [0.717, 1.165) is 10.9 Å². The lowest BCUT2D eigenvalue weighted by atomic mass is 9.82. The molecule has 0 bridgehead atoms.